The lowest BCUT2D eigenvalue weighted by atomic mass is 9.99. The van der Waals surface area contributed by atoms with Crippen LogP contribution in [0.2, 0.25) is 5.02 Å². The molecule has 28 heavy (non-hydrogen) atoms. The fraction of sp³-hybridized carbons (Fsp3) is 0.350. The van der Waals surface area contributed by atoms with E-state index in [-0.39, 0.29) is 22.7 Å². The van der Waals surface area contributed by atoms with Crippen LogP contribution in [0.25, 0.3) is 0 Å². The van der Waals surface area contributed by atoms with Crippen LogP contribution in [-0.2, 0) is 19.5 Å². The van der Waals surface area contributed by atoms with Gasteiger partial charge in [-0.1, -0.05) is 30.5 Å². The number of amides is 2. The second kappa shape index (κ2) is 7.05. The number of carbonyl (C=O) groups excluding carboxylic acids is 2. The summed E-state index contributed by atoms with van der Waals surface area (Å²) in [4.78, 5) is 39.5. The highest BCUT2D eigenvalue weighted by Gasteiger charge is 2.42. The number of pyridine rings is 1. The van der Waals surface area contributed by atoms with Crippen LogP contribution in [0.1, 0.15) is 57.7 Å². The molecule has 0 bridgehead atoms. The number of halogens is 2. The molecule has 3 heterocycles. The molecule has 0 aliphatic carbocycles. The molecular formula is C20H18ClFN2O4. The molecule has 2 aliphatic heterocycles. The molecule has 0 radical (unpaired) electrons. The predicted octanol–water partition coefficient (Wildman–Crippen LogP) is 3.26. The first-order chi connectivity index (χ1) is 13.4. The Bertz CT molecular complexity index is 1060. The maximum absolute atomic E-state index is 13.4. The maximum atomic E-state index is 13.4. The van der Waals surface area contributed by atoms with Crippen molar-refractivity contribution in [3.05, 3.63) is 61.8 Å². The molecule has 0 unspecified atom stereocenters. The van der Waals surface area contributed by atoms with Crippen molar-refractivity contribution in [2.75, 3.05) is 0 Å². The van der Waals surface area contributed by atoms with Crippen LogP contribution < -0.4 is 5.56 Å². The van der Waals surface area contributed by atoms with E-state index in [1.165, 1.54) is 16.7 Å². The number of hydrogen-bond donors (Lipinski definition) is 1. The molecule has 1 N–H and O–H groups in total. The lowest BCUT2D eigenvalue weighted by molar-refractivity contribution is 0.0641. The Hall–Kier alpha value is -2.67. The van der Waals surface area contributed by atoms with Crippen LogP contribution in [0.15, 0.2) is 23.0 Å². The van der Waals surface area contributed by atoms with Gasteiger partial charge in [-0.25, -0.2) is 4.39 Å². The zero-order valence-corrected chi connectivity index (χ0v) is 15.8. The fourth-order valence-corrected chi connectivity index (χ4v) is 4.14. The summed E-state index contributed by atoms with van der Waals surface area (Å²) in [5.41, 5.74) is 0.226. The summed E-state index contributed by atoms with van der Waals surface area (Å²) in [6.07, 6.45) is 4.00. The fourth-order valence-electron chi connectivity index (χ4n) is 3.93. The van der Waals surface area contributed by atoms with Gasteiger partial charge in [0.1, 0.15) is 11.4 Å². The van der Waals surface area contributed by atoms with Gasteiger partial charge in [0, 0.05) is 12.2 Å². The number of aromatic nitrogens is 1. The van der Waals surface area contributed by atoms with E-state index in [0.29, 0.717) is 24.2 Å². The van der Waals surface area contributed by atoms with E-state index in [0.717, 1.165) is 36.6 Å². The van der Waals surface area contributed by atoms with E-state index >= 15 is 0 Å². The third-order valence-corrected chi connectivity index (χ3v) is 5.63. The first-order valence-corrected chi connectivity index (χ1v) is 9.56. The van der Waals surface area contributed by atoms with Crippen molar-refractivity contribution in [1.29, 1.82) is 0 Å². The smallest absolute Gasteiger partial charge is 0.293 e. The lowest BCUT2D eigenvalue weighted by Gasteiger charge is -2.19. The van der Waals surface area contributed by atoms with E-state index in [2.05, 4.69) is 0 Å². The molecule has 0 saturated heterocycles. The normalized spacial score (nSPS) is 16.6. The van der Waals surface area contributed by atoms with Gasteiger partial charge in [0.15, 0.2) is 5.75 Å². The van der Waals surface area contributed by atoms with Gasteiger partial charge in [-0.2, -0.15) is 0 Å². The third-order valence-electron chi connectivity index (χ3n) is 5.34. The number of fused-ring (bicyclic) bond motifs is 3. The summed E-state index contributed by atoms with van der Waals surface area (Å²) in [5.74, 6) is -2.56. The molecule has 0 fully saturated rings. The maximum Gasteiger partial charge on any atom is 0.293 e. The Morgan fingerprint density at radius 1 is 1.04 bits per heavy atom. The SMILES string of the molecule is O=C1c2c(c3n(c(=O)c2O)CCCCCC3)C(=O)N1Cc1ccc(F)c(Cl)c1. The third kappa shape index (κ3) is 2.90. The van der Waals surface area contributed by atoms with Gasteiger partial charge >= 0.3 is 0 Å². The Labute approximate surface area is 165 Å². The molecule has 1 aromatic carbocycles. The lowest BCUT2D eigenvalue weighted by Crippen LogP contribution is -2.29. The monoisotopic (exact) mass is 404 g/mol. The van der Waals surface area contributed by atoms with Crippen molar-refractivity contribution in [2.24, 2.45) is 0 Å². The summed E-state index contributed by atoms with van der Waals surface area (Å²) in [7, 11) is 0. The van der Waals surface area contributed by atoms with Crippen molar-refractivity contribution in [1.82, 2.24) is 9.47 Å². The molecular weight excluding hydrogens is 387 g/mol. The van der Waals surface area contributed by atoms with Crippen LogP contribution in [0, 0.1) is 5.82 Å². The van der Waals surface area contributed by atoms with Crippen molar-refractivity contribution in [3.8, 4) is 5.75 Å². The average molecular weight is 405 g/mol. The highest BCUT2D eigenvalue weighted by molar-refractivity contribution is 6.30. The predicted molar refractivity (Wildman–Crippen MR) is 100 cm³/mol. The van der Waals surface area contributed by atoms with Crippen LogP contribution >= 0.6 is 11.6 Å². The minimum atomic E-state index is -0.722. The zero-order chi connectivity index (χ0) is 20.0. The van der Waals surface area contributed by atoms with Crippen LogP contribution in [0.3, 0.4) is 0 Å². The molecule has 0 spiro atoms. The van der Waals surface area contributed by atoms with Gasteiger partial charge in [0.05, 0.1) is 17.1 Å². The molecule has 8 heteroatoms. The van der Waals surface area contributed by atoms with Gasteiger partial charge < -0.3 is 9.67 Å². The van der Waals surface area contributed by atoms with Gasteiger partial charge in [-0.05, 0) is 37.0 Å². The number of aromatic hydroxyl groups is 1. The van der Waals surface area contributed by atoms with Crippen LogP contribution in [0.4, 0.5) is 4.39 Å². The quantitative estimate of drug-likeness (QED) is 0.779. The zero-order valence-electron chi connectivity index (χ0n) is 15.0. The Kier molecular flexibility index (Phi) is 4.71. The standard InChI is InChI=1S/C20H18ClFN2O4/c21-12-9-11(6-7-13(12)22)10-24-18(26)15-14-5-3-1-2-4-8-23(14)20(28)17(25)16(15)19(24)27/h6-7,9,25H,1-5,8,10H2. The molecule has 1 aromatic heterocycles. The van der Waals surface area contributed by atoms with E-state index in [4.69, 9.17) is 11.6 Å². The Balaban J connectivity index is 1.80. The van der Waals surface area contributed by atoms with E-state index < -0.39 is 28.9 Å². The number of carbonyl (C=O) groups is 2. The molecule has 2 aliphatic rings. The van der Waals surface area contributed by atoms with E-state index in [9.17, 15) is 23.9 Å². The van der Waals surface area contributed by atoms with Crippen molar-refractivity contribution in [2.45, 2.75) is 45.2 Å². The topological polar surface area (TPSA) is 79.6 Å². The Morgan fingerprint density at radius 3 is 2.50 bits per heavy atom. The summed E-state index contributed by atoms with van der Waals surface area (Å²) in [6, 6.07) is 3.94. The average Bonchev–Trinajstić information content (AvgIpc) is 2.88. The van der Waals surface area contributed by atoms with Gasteiger partial charge in [0.25, 0.3) is 17.4 Å². The largest absolute Gasteiger partial charge is 0.502 e. The first kappa shape index (κ1) is 18.7. The number of nitrogens with zero attached hydrogens (tertiary/aromatic N) is 2. The van der Waals surface area contributed by atoms with E-state index in [1.807, 2.05) is 0 Å². The molecule has 0 atom stereocenters. The molecule has 6 nitrogen and oxygen atoms in total. The number of benzene rings is 1. The summed E-state index contributed by atoms with van der Waals surface area (Å²) >= 11 is 5.79. The minimum Gasteiger partial charge on any atom is -0.502 e. The van der Waals surface area contributed by atoms with Crippen molar-refractivity contribution >= 4 is 23.4 Å². The first-order valence-electron chi connectivity index (χ1n) is 9.19. The van der Waals surface area contributed by atoms with Crippen LogP contribution in [0.5, 0.6) is 5.75 Å². The molecule has 0 saturated carbocycles. The second-order valence-corrected chi connectivity index (χ2v) is 7.52. The summed E-state index contributed by atoms with van der Waals surface area (Å²) in [5, 5.41) is 10.3. The summed E-state index contributed by atoms with van der Waals surface area (Å²) < 4.78 is 14.8. The molecule has 2 amide bonds. The van der Waals surface area contributed by atoms with Gasteiger partial charge in [-0.15, -0.1) is 0 Å². The Morgan fingerprint density at radius 2 is 1.75 bits per heavy atom. The van der Waals surface area contributed by atoms with Crippen LogP contribution in [-0.4, -0.2) is 26.4 Å². The van der Waals surface area contributed by atoms with Gasteiger partial charge in [0.2, 0.25) is 0 Å². The second-order valence-electron chi connectivity index (χ2n) is 7.11. The molecule has 146 valence electrons. The number of imide groups is 1. The molecule has 2 aromatic rings. The highest BCUT2D eigenvalue weighted by Crippen LogP contribution is 2.33. The number of hydrogen-bond acceptors (Lipinski definition) is 4. The minimum absolute atomic E-state index is 0.109. The summed E-state index contributed by atoms with van der Waals surface area (Å²) in [6.45, 7) is 0.281. The van der Waals surface area contributed by atoms with Crippen molar-refractivity contribution in [3.63, 3.8) is 0 Å². The molecule has 4 rings (SSSR count). The van der Waals surface area contributed by atoms with E-state index in [1.54, 1.807) is 0 Å². The highest BCUT2D eigenvalue weighted by atomic mass is 35.5. The van der Waals surface area contributed by atoms with Crippen molar-refractivity contribution < 1.29 is 19.1 Å². The van der Waals surface area contributed by atoms with Gasteiger partial charge in [-0.3, -0.25) is 19.3 Å². The number of rotatable bonds is 2.